The lowest BCUT2D eigenvalue weighted by molar-refractivity contribution is -0.128. The van der Waals surface area contributed by atoms with Crippen molar-refractivity contribution < 1.29 is 14.3 Å². The number of nitrogens with one attached hydrogen (secondary N) is 1. The molecule has 0 aromatic heterocycles. The summed E-state index contributed by atoms with van der Waals surface area (Å²) in [4.78, 5) is 28.9. The van der Waals surface area contributed by atoms with E-state index in [2.05, 4.69) is 17.3 Å². The topological polar surface area (TPSA) is 61.9 Å². The molecule has 138 valence electrons. The highest BCUT2D eigenvalue weighted by Crippen LogP contribution is 2.16. The van der Waals surface area contributed by atoms with Gasteiger partial charge in [0.25, 0.3) is 11.8 Å². The van der Waals surface area contributed by atoms with Crippen LogP contribution in [0.2, 0.25) is 0 Å². The third kappa shape index (κ3) is 5.03. The molecule has 6 nitrogen and oxygen atoms in total. The molecule has 6 heteroatoms. The van der Waals surface area contributed by atoms with E-state index in [0.717, 1.165) is 32.6 Å². The second-order valence-electron chi connectivity index (χ2n) is 6.70. The van der Waals surface area contributed by atoms with Gasteiger partial charge in [-0.15, -0.1) is 0 Å². The van der Waals surface area contributed by atoms with Crippen LogP contribution in [0.4, 0.5) is 5.69 Å². The summed E-state index contributed by atoms with van der Waals surface area (Å²) < 4.78 is 5.31. The molecule has 0 aliphatic carbocycles. The molecule has 0 unspecified atom stereocenters. The van der Waals surface area contributed by atoms with Crippen LogP contribution in [-0.4, -0.2) is 68.1 Å². The van der Waals surface area contributed by atoms with Gasteiger partial charge < -0.3 is 19.9 Å². The number of carbonyl (C=O) groups is 2. The van der Waals surface area contributed by atoms with Gasteiger partial charge in [0.15, 0.2) is 0 Å². The maximum atomic E-state index is 12.5. The van der Waals surface area contributed by atoms with Crippen molar-refractivity contribution >= 4 is 17.5 Å². The van der Waals surface area contributed by atoms with E-state index in [0.29, 0.717) is 11.3 Å². The lowest BCUT2D eigenvalue weighted by atomic mass is 10.0. The van der Waals surface area contributed by atoms with E-state index in [1.54, 1.807) is 31.4 Å². The number of carbonyl (C=O) groups excluding carboxylic acids is 2. The van der Waals surface area contributed by atoms with Gasteiger partial charge in [0.1, 0.15) is 6.10 Å². The molecule has 1 aliphatic rings. The number of likely N-dealkylation sites (N-methyl/N-ethyl adjacent to an activating group) is 1. The van der Waals surface area contributed by atoms with Crippen LogP contribution in [-0.2, 0) is 9.53 Å². The van der Waals surface area contributed by atoms with E-state index in [1.807, 2.05) is 18.7 Å². The van der Waals surface area contributed by atoms with Crippen LogP contribution in [0.5, 0.6) is 0 Å². The first kappa shape index (κ1) is 19.4. The van der Waals surface area contributed by atoms with E-state index in [9.17, 15) is 9.59 Å². The number of anilines is 1. The fraction of sp³-hybridized carbons (Fsp3) is 0.579. The zero-order valence-corrected chi connectivity index (χ0v) is 15.6. The van der Waals surface area contributed by atoms with Gasteiger partial charge in [-0.1, -0.05) is 20.3 Å². The van der Waals surface area contributed by atoms with Crippen LogP contribution in [0.1, 0.15) is 30.6 Å². The Bertz CT molecular complexity index is 580. The number of benzene rings is 1. The Kier molecular flexibility index (Phi) is 6.96. The van der Waals surface area contributed by atoms with Crippen LogP contribution in [0.3, 0.4) is 0 Å². The third-order valence-corrected chi connectivity index (χ3v) is 4.86. The van der Waals surface area contributed by atoms with Gasteiger partial charge in [0.05, 0.1) is 0 Å². The highest BCUT2D eigenvalue weighted by atomic mass is 16.5. The lowest BCUT2D eigenvalue weighted by Crippen LogP contribution is -2.47. The van der Waals surface area contributed by atoms with Crippen LogP contribution in [0.15, 0.2) is 24.3 Å². The summed E-state index contributed by atoms with van der Waals surface area (Å²) in [5.41, 5.74) is 1.32. The molecule has 1 saturated heterocycles. The highest BCUT2D eigenvalue weighted by Gasteiger charge is 2.24. The van der Waals surface area contributed by atoms with E-state index < -0.39 is 6.10 Å². The molecule has 2 atom stereocenters. The van der Waals surface area contributed by atoms with E-state index in [4.69, 9.17) is 4.74 Å². The van der Waals surface area contributed by atoms with Crippen molar-refractivity contribution in [2.75, 3.05) is 45.7 Å². The van der Waals surface area contributed by atoms with Gasteiger partial charge >= 0.3 is 0 Å². The predicted molar refractivity (Wildman–Crippen MR) is 98.7 cm³/mol. The van der Waals surface area contributed by atoms with Crippen molar-refractivity contribution in [2.45, 2.75) is 26.4 Å². The van der Waals surface area contributed by atoms with Crippen molar-refractivity contribution in [3.05, 3.63) is 29.8 Å². The fourth-order valence-electron chi connectivity index (χ4n) is 2.91. The molecule has 2 amide bonds. The van der Waals surface area contributed by atoms with Crippen LogP contribution in [0, 0.1) is 5.92 Å². The van der Waals surface area contributed by atoms with Gasteiger partial charge in [0, 0.05) is 44.5 Å². The smallest absolute Gasteiger partial charge is 0.253 e. The molecule has 0 radical (unpaired) electrons. The van der Waals surface area contributed by atoms with Crippen molar-refractivity contribution in [3.63, 3.8) is 0 Å². The third-order valence-electron chi connectivity index (χ3n) is 4.86. The molecule has 1 aliphatic heterocycles. The first-order valence-electron chi connectivity index (χ1n) is 8.87. The van der Waals surface area contributed by atoms with Crippen LogP contribution >= 0.6 is 0 Å². The van der Waals surface area contributed by atoms with Gasteiger partial charge in [-0.05, 0) is 37.2 Å². The molecule has 1 aromatic rings. The number of hydrogen-bond acceptors (Lipinski definition) is 4. The maximum Gasteiger partial charge on any atom is 0.253 e. The molecule has 1 aromatic carbocycles. The predicted octanol–water partition coefficient (Wildman–Crippen LogP) is 2.07. The van der Waals surface area contributed by atoms with E-state index >= 15 is 0 Å². The number of amides is 2. The Morgan fingerprint density at radius 2 is 1.76 bits per heavy atom. The maximum absolute atomic E-state index is 12.5. The summed E-state index contributed by atoms with van der Waals surface area (Å²) >= 11 is 0. The zero-order chi connectivity index (χ0) is 18.4. The van der Waals surface area contributed by atoms with E-state index in [1.165, 1.54) is 0 Å². The van der Waals surface area contributed by atoms with Crippen molar-refractivity contribution in [1.29, 1.82) is 0 Å². The highest BCUT2D eigenvalue weighted by molar-refractivity contribution is 5.97. The standard InChI is InChI=1S/C19H29N3O3/c1-5-14(2)17(25-4)18(23)20-16-8-6-15(7-9-16)19(24)22-12-10-21(3)11-13-22/h6-9,14,17H,5,10-13H2,1-4H3,(H,20,23)/t14-,17-/m1/s1. The van der Waals surface area contributed by atoms with Gasteiger partial charge in [-0.2, -0.15) is 0 Å². The van der Waals surface area contributed by atoms with E-state index in [-0.39, 0.29) is 17.7 Å². The largest absolute Gasteiger partial charge is 0.371 e. The van der Waals surface area contributed by atoms with Gasteiger partial charge in [0.2, 0.25) is 0 Å². The Morgan fingerprint density at radius 3 is 2.28 bits per heavy atom. The molecule has 1 heterocycles. The zero-order valence-electron chi connectivity index (χ0n) is 15.6. The van der Waals surface area contributed by atoms with Crippen LogP contribution < -0.4 is 5.32 Å². The summed E-state index contributed by atoms with van der Waals surface area (Å²) in [6, 6.07) is 7.07. The Balaban J connectivity index is 1.97. The minimum Gasteiger partial charge on any atom is -0.371 e. The molecule has 2 rings (SSSR count). The Labute approximate surface area is 150 Å². The first-order valence-corrected chi connectivity index (χ1v) is 8.87. The van der Waals surface area contributed by atoms with Crippen molar-refractivity contribution in [1.82, 2.24) is 9.80 Å². The second kappa shape index (κ2) is 8.97. The first-order chi connectivity index (χ1) is 12.0. The number of nitrogens with zero attached hydrogens (tertiary/aromatic N) is 2. The molecule has 0 saturated carbocycles. The molecular weight excluding hydrogens is 318 g/mol. The molecule has 0 bridgehead atoms. The SMILES string of the molecule is CC[C@@H](C)[C@@H](OC)C(=O)Nc1ccc(C(=O)N2CCN(C)CC2)cc1. The number of hydrogen-bond donors (Lipinski definition) is 1. The molecule has 25 heavy (non-hydrogen) atoms. The summed E-state index contributed by atoms with van der Waals surface area (Å²) in [5.74, 6) is 0.0263. The number of rotatable bonds is 6. The molecule has 0 spiro atoms. The van der Waals surface area contributed by atoms with Crippen molar-refractivity contribution in [3.8, 4) is 0 Å². The summed E-state index contributed by atoms with van der Waals surface area (Å²) in [5, 5.41) is 2.86. The fourth-order valence-corrected chi connectivity index (χ4v) is 2.91. The number of ether oxygens (including phenoxy) is 1. The monoisotopic (exact) mass is 347 g/mol. The summed E-state index contributed by atoms with van der Waals surface area (Å²) in [6.07, 6.45) is 0.390. The normalized spacial score (nSPS) is 17.8. The summed E-state index contributed by atoms with van der Waals surface area (Å²) in [6.45, 7) is 7.31. The Hall–Kier alpha value is -1.92. The number of piperazine rings is 1. The quantitative estimate of drug-likeness (QED) is 0.856. The lowest BCUT2D eigenvalue weighted by Gasteiger charge is -2.32. The molecule has 1 fully saturated rings. The van der Waals surface area contributed by atoms with Crippen molar-refractivity contribution in [2.24, 2.45) is 5.92 Å². The van der Waals surface area contributed by atoms with Crippen LogP contribution in [0.25, 0.3) is 0 Å². The van der Waals surface area contributed by atoms with Gasteiger partial charge in [-0.25, -0.2) is 0 Å². The molecular formula is C19H29N3O3. The number of methoxy groups -OCH3 is 1. The average Bonchev–Trinajstić information content (AvgIpc) is 2.62. The Morgan fingerprint density at radius 1 is 1.16 bits per heavy atom. The minimum atomic E-state index is -0.475. The average molecular weight is 347 g/mol. The minimum absolute atomic E-state index is 0.0420. The van der Waals surface area contributed by atoms with Gasteiger partial charge in [-0.3, -0.25) is 9.59 Å². The second-order valence-corrected chi connectivity index (χ2v) is 6.70. The summed E-state index contributed by atoms with van der Waals surface area (Å²) in [7, 11) is 3.61. The molecule has 1 N–H and O–H groups in total.